The molecule has 7 nitrogen and oxygen atoms in total. The van der Waals surface area contributed by atoms with Crippen LogP contribution >= 0.6 is 0 Å². The molecule has 0 unspecified atom stereocenters. The number of nitrogens with zero attached hydrogens (tertiary/aromatic N) is 3. The highest BCUT2D eigenvalue weighted by molar-refractivity contribution is 5.93. The lowest BCUT2D eigenvalue weighted by molar-refractivity contribution is -0.117. The number of hydrogen-bond acceptors (Lipinski definition) is 5. The molecule has 3 N–H and O–H groups in total. The van der Waals surface area contributed by atoms with Gasteiger partial charge in [-0.3, -0.25) is 9.59 Å². The number of aliphatic hydroxyl groups is 1. The van der Waals surface area contributed by atoms with Gasteiger partial charge in [-0.1, -0.05) is 24.0 Å². The summed E-state index contributed by atoms with van der Waals surface area (Å²) in [5.74, 6) is 5.65. The minimum absolute atomic E-state index is 0.302. The summed E-state index contributed by atoms with van der Waals surface area (Å²) < 4.78 is 0. The van der Waals surface area contributed by atoms with Crippen LogP contribution < -0.4 is 5.73 Å². The predicted molar refractivity (Wildman–Crippen MR) is 119 cm³/mol. The minimum Gasteiger partial charge on any atom is -0.380 e. The van der Waals surface area contributed by atoms with Crippen molar-refractivity contribution in [2.24, 2.45) is 5.73 Å². The smallest absolute Gasteiger partial charge is 0.267 e. The van der Waals surface area contributed by atoms with E-state index >= 15 is 0 Å². The van der Waals surface area contributed by atoms with E-state index in [2.05, 4.69) is 34.7 Å². The fraction of sp³-hybridized carbons (Fsp3) is 0.333. The van der Waals surface area contributed by atoms with Crippen molar-refractivity contribution >= 4 is 12.3 Å². The van der Waals surface area contributed by atoms with Gasteiger partial charge in [-0.05, 0) is 37.8 Å². The first-order valence-corrected chi connectivity index (χ1v) is 9.96. The van der Waals surface area contributed by atoms with Gasteiger partial charge in [-0.15, -0.1) is 12.8 Å². The molecule has 3 rings (SSSR count). The fourth-order valence-electron chi connectivity index (χ4n) is 3.28. The zero-order chi connectivity index (χ0) is 22.8. The predicted octanol–water partition coefficient (Wildman–Crippen LogP) is 1.56. The van der Waals surface area contributed by atoms with Crippen molar-refractivity contribution in [2.75, 3.05) is 13.6 Å². The average Bonchev–Trinajstić information content (AvgIpc) is 2.81. The minimum atomic E-state index is -0.831. The van der Waals surface area contributed by atoms with E-state index in [1.165, 1.54) is 4.90 Å². The Morgan fingerprint density at radius 1 is 1.32 bits per heavy atom. The highest BCUT2D eigenvalue weighted by atomic mass is 16.3. The molecule has 1 aromatic heterocycles. The molecule has 0 bridgehead atoms. The van der Waals surface area contributed by atoms with E-state index in [4.69, 9.17) is 5.73 Å². The second kappa shape index (κ2) is 11.5. The number of hydrogen-bond donors (Lipinski definition) is 2. The molecule has 0 radical (unpaired) electrons. The van der Waals surface area contributed by atoms with Crippen molar-refractivity contribution < 1.29 is 14.7 Å². The molecule has 31 heavy (non-hydrogen) atoms. The van der Waals surface area contributed by atoms with Gasteiger partial charge in [-0.25, -0.2) is 9.97 Å². The fourth-order valence-corrected chi connectivity index (χ4v) is 3.28. The molecule has 0 saturated heterocycles. The summed E-state index contributed by atoms with van der Waals surface area (Å²) in [5, 5.41) is 9.98. The SMILES string of the molecule is C#C.CN(C=O)CC[C@@H](O)C#Cc1cccc(-c2nc3c(c(C(N)=O)n2)CCCC3)c1. The maximum atomic E-state index is 11.9. The van der Waals surface area contributed by atoms with E-state index in [0.717, 1.165) is 42.5 Å². The molecule has 1 heterocycles. The molecular formula is C24H26N4O3. The van der Waals surface area contributed by atoms with Crippen molar-refractivity contribution in [2.45, 2.75) is 38.2 Å². The van der Waals surface area contributed by atoms with Crippen molar-refractivity contribution in [3.05, 3.63) is 46.8 Å². The highest BCUT2D eigenvalue weighted by Gasteiger charge is 2.21. The molecular weight excluding hydrogens is 392 g/mol. The molecule has 7 heteroatoms. The van der Waals surface area contributed by atoms with E-state index in [0.29, 0.717) is 36.5 Å². The van der Waals surface area contributed by atoms with Crippen LogP contribution in [0.25, 0.3) is 11.4 Å². The Bertz CT molecular complexity index is 1020. The Morgan fingerprint density at radius 3 is 2.77 bits per heavy atom. The van der Waals surface area contributed by atoms with Gasteiger partial charge in [0.2, 0.25) is 6.41 Å². The first-order valence-electron chi connectivity index (χ1n) is 9.96. The molecule has 1 aromatic carbocycles. The average molecular weight is 418 g/mol. The van der Waals surface area contributed by atoms with Gasteiger partial charge in [0.25, 0.3) is 5.91 Å². The molecule has 0 aliphatic heterocycles. The standard InChI is InChI=1S/C22H24N4O3.C2H2/c1-26(14-27)12-11-17(28)10-9-15-5-4-6-16(13-15)22-24-19-8-3-2-7-18(19)20(25-22)21(23)29;1-2/h4-6,13-14,17,28H,2-3,7-8,11-12H2,1H3,(H2,23,29);1-2H/t17-;/m0./s1. The summed E-state index contributed by atoms with van der Waals surface area (Å²) in [4.78, 5) is 33.0. The molecule has 1 aliphatic carbocycles. The van der Waals surface area contributed by atoms with E-state index < -0.39 is 12.0 Å². The van der Waals surface area contributed by atoms with E-state index in [9.17, 15) is 14.7 Å². The summed E-state index contributed by atoms with van der Waals surface area (Å²) in [6.07, 6.45) is 11.9. The van der Waals surface area contributed by atoms with Crippen LogP contribution in [0.15, 0.2) is 24.3 Å². The van der Waals surface area contributed by atoms with Gasteiger partial charge < -0.3 is 15.7 Å². The first kappa shape index (κ1) is 23.6. The number of aryl methyl sites for hydroxylation is 1. The second-order valence-electron chi connectivity index (χ2n) is 7.13. The van der Waals surface area contributed by atoms with E-state index in [1.54, 1.807) is 7.05 Å². The van der Waals surface area contributed by atoms with E-state index in [1.807, 2.05) is 24.3 Å². The summed E-state index contributed by atoms with van der Waals surface area (Å²) in [7, 11) is 1.65. The molecule has 2 amide bonds. The maximum Gasteiger partial charge on any atom is 0.267 e. The second-order valence-corrected chi connectivity index (χ2v) is 7.13. The number of carbonyl (C=O) groups is 2. The van der Waals surface area contributed by atoms with Crippen LogP contribution in [0.4, 0.5) is 0 Å². The summed E-state index contributed by atoms with van der Waals surface area (Å²) >= 11 is 0. The highest BCUT2D eigenvalue weighted by Crippen LogP contribution is 2.25. The van der Waals surface area contributed by atoms with Crippen LogP contribution in [0.3, 0.4) is 0 Å². The van der Waals surface area contributed by atoms with Gasteiger partial charge in [0.15, 0.2) is 5.82 Å². The van der Waals surface area contributed by atoms with Crippen molar-refractivity contribution in [1.82, 2.24) is 14.9 Å². The number of terminal acetylenes is 1. The van der Waals surface area contributed by atoms with Gasteiger partial charge in [-0.2, -0.15) is 0 Å². The molecule has 1 aliphatic rings. The van der Waals surface area contributed by atoms with Crippen LogP contribution in [0.1, 0.15) is 46.6 Å². The molecule has 0 saturated carbocycles. The molecule has 0 spiro atoms. The van der Waals surface area contributed by atoms with Crippen LogP contribution in [0, 0.1) is 24.7 Å². The number of benzene rings is 1. The quantitative estimate of drug-likeness (QED) is 0.547. The number of nitrogens with two attached hydrogens (primary N) is 1. The Kier molecular flexibility index (Phi) is 8.75. The maximum absolute atomic E-state index is 11.9. The monoisotopic (exact) mass is 418 g/mol. The third-order valence-electron chi connectivity index (χ3n) is 4.86. The summed E-state index contributed by atoms with van der Waals surface area (Å²) in [5.41, 5.74) is 9.05. The van der Waals surface area contributed by atoms with Gasteiger partial charge in [0.1, 0.15) is 11.8 Å². The number of carbonyl (C=O) groups excluding carboxylic acids is 2. The van der Waals surface area contributed by atoms with Crippen molar-refractivity contribution in [3.8, 4) is 36.1 Å². The van der Waals surface area contributed by atoms with Gasteiger partial charge in [0, 0.05) is 42.4 Å². The molecule has 1 atom stereocenters. The van der Waals surface area contributed by atoms with Crippen molar-refractivity contribution in [3.63, 3.8) is 0 Å². The third-order valence-corrected chi connectivity index (χ3v) is 4.86. The number of rotatable bonds is 6. The summed E-state index contributed by atoms with van der Waals surface area (Å²) in [6.45, 7) is 0.429. The zero-order valence-corrected chi connectivity index (χ0v) is 17.5. The lowest BCUT2D eigenvalue weighted by Gasteiger charge is -2.17. The molecule has 0 fully saturated rings. The van der Waals surface area contributed by atoms with Crippen LogP contribution in [-0.2, 0) is 17.6 Å². The zero-order valence-electron chi connectivity index (χ0n) is 17.5. The number of aromatic nitrogens is 2. The number of amides is 2. The lowest BCUT2D eigenvalue weighted by Crippen LogP contribution is -2.21. The van der Waals surface area contributed by atoms with Crippen molar-refractivity contribution in [1.29, 1.82) is 0 Å². The Labute approximate surface area is 182 Å². The number of fused-ring (bicyclic) bond motifs is 1. The van der Waals surface area contributed by atoms with Crippen LogP contribution in [-0.4, -0.2) is 52.0 Å². The van der Waals surface area contributed by atoms with Gasteiger partial charge >= 0.3 is 0 Å². The van der Waals surface area contributed by atoms with E-state index in [-0.39, 0.29) is 0 Å². The normalized spacial score (nSPS) is 12.8. The Hall–Kier alpha value is -3.68. The lowest BCUT2D eigenvalue weighted by atomic mass is 9.94. The largest absolute Gasteiger partial charge is 0.380 e. The molecule has 160 valence electrons. The topological polar surface area (TPSA) is 109 Å². The number of primary amides is 1. The summed E-state index contributed by atoms with van der Waals surface area (Å²) in [6, 6.07) is 7.34. The van der Waals surface area contributed by atoms with Crippen LogP contribution in [0.2, 0.25) is 0 Å². The van der Waals surface area contributed by atoms with Gasteiger partial charge in [0.05, 0.1) is 0 Å². The first-order chi connectivity index (χ1) is 15.0. The third kappa shape index (κ3) is 6.40. The Balaban J connectivity index is 0.00000166. The molecule has 2 aromatic rings. The Morgan fingerprint density at radius 2 is 2.06 bits per heavy atom. The van der Waals surface area contributed by atoms with Crippen LogP contribution in [0.5, 0.6) is 0 Å². The number of aliphatic hydroxyl groups excluding tert-OH is 1.